The summed E-state index contributed by atoms with van der Waals surface area (Å²) < 4.78 is 5.66. The van der Waals surface area contributed by atoms with Crippen LogP contribution < -0.4 is 16.0 Å². The minimum Gasteiger partial charge on any atom is -0.468 e. The van der Waals surface area contributed by atoms with Gasteiger partial charge in [-0.15, -0.1) is 0 Å². The zero-order chi connectivity index (χ0) is 20.5. The number of likely N-dealkylation sites (tertiary alicyclic amines) is 1. The summed E-state index contributed by atoms with van der Waals surface area (Å²) in [5.41, 5.74) is 1.75. The van der Waals surface area contributed by atoms with Gasteiger partial charge in [-0.2, -0.15) is 0 Å². The maximum atomic E-state index is 12.2. The molecule has 0 bridgehead atoms. The molecule has 1 fully saturated rings. The van der Waals surface area contributed by atoms with Gasteiger partial charge in [0.15, 0.2) is 5.96 Å². The Balaban J connectivity index is 1.43. The molecule has 1 aromatic heterocycles. The topological polar surface area (TPSA) is 81.9 Å². The molecule has 0 saturated carbocycles. The summed E-state index contributed by atoms with van der Waals surface area (Å²) in [4.78, 5) is 18.9. The molecular weight excluding hydrogens is 366 g/mol. The van der Waals surface area contributed by atoms with Gasteiger partial charge in [-0.05, 0) is 57.1 Å². The number of carbonyl (C=O) groups excluding carboxylic acids is 1. The summed E-state index contributed by atoms with van der Waals surface area (Å²) >= 11 is 0. The Morgan fingerprint density at radius 3 is 2.62 bits per heavy atom. The van der Waals surface area contributed by atoms with E-state index < -0.39 is 0 Å². The number of carbonyl (C=O) groups is 1. The van der Waals surface area contributed by atoms with Gasteiger partial charge in [-0.25, -0.2) is 0 Å². The van der Waals surface area contributed by atoms with Crippen molar-refractivity contribution in [2.24, 2.45) is 4.99 Å². The molecule has 1 aromatic carbocycles. The minimum atomic E-state index is -0.0645. The fourth-order valence-electron chi connectivity index (χ4n) is 3.60. The molecule has 29 heavy (non-hydrogen) atoms. The van der Waals surface area contributed by atoms with Gasteiger partial charge in [0.05, 0.1) is 12.3 Å². The van der Waals surface area contributed by atoms with Gasteiger partial charge in [0.1, 0.15) is 5.76 Å². The number of hydrogen-bond acceptors (Lipinski definition) is 4. The first-order valence-corrected chi connectivity index (χ1v) is 10.2. The minimum absolute atomic E-state index is 0.0645. The van der Waals surface area contributed by atoms with E-state index >= 15 is 0 Å². The number of nitrogens with one attached hydrogen (secondary N) is 3. The number of guanidine groups is 1. The standard InChI is InChI=1S/C22H31N5O2/c1-17-7-5-8-18(15-17)21(28)24-10-11-25-22(23-2)26-16-19(20-9-6-14-29-20)27-12-3-4-13-27/h5-9,14-15,19H,3-4,10-13,16H2,1-2H3,(H,24,28)(H2,23,25,26). The van der Waals surface area contributed by atoms with Crippen LogP contribution in [0.15, 0.2) is 52.1 Å². The number of benzene rings is 1. The van der Waals surface area contributed by atoms with Crippen LogP contribution in [0.25, 0.3) is 0 Å². The highest BCUT2D eigenvalue weighted by atomic mass is 16.3. The van der Waals surface area contributed by atoms with Gasteiger partial charge >= 0.3 is 0 Å². The molecule has 3 N–H and O–H groups in total. The van der Waals surface area contributed by atoms with Crippen LogP contribution in [0.1, 0.15) is 40.6 Å². The molecule has 1 unspecified atom stereocenters. The highest BCUT2D eigenvalue weighted by molar-refractivity contribution is 5.94. The Kier molecular flexibility index (Phi) is 7.69. The Hall–Kier alpha value is -2.80. The summed E-state index contributed by atoms with van der Waals surface area (Å²) in [6.45, 7) is 5.97. The second kappa shape index (κ2) is 10.7. The van der Waals surface area contributed by atoms with Gasteiger partial charge in [0.2, 0.25) is 0 Å². The average Bonchev–Trinajstić information content (AvgIpc) is 3.44. The van der Waals surface area contributed by atoms with Crippen LogP contribution in [0, 0.1) is 6.92 Å². The lowest BCUT2D eigenvalue weighted by molar-refractivity contribution is 0.0954. The molecule has 0 spiro atoms. The van der Waals surface area contributed by atoms with Gasteiger partial charge in [-0.3, -0.25) is 14.7 Å². The van der Waals surface area contributed by atoms with E-state index in [1.165, 1.54) is 12.8 Å². The Morgan fingerprint density at radius 1 is 1.14 bits per heavy atom. The number of rotatable bonds is 8. The van der Waals surface area contributed by atoms with E-state index in [0.29, 0.717) is 31.2 Å². The molecule has 1 saturated heterocycles. The van der Waals surface area contributed by atoms with Crippen molar-refractivity contribution in [3.63, 3.8) is 0 Å². The largest absolute Gasteiger partial charge is 0.468 e. The molecule has 1 aliphatic rings. The number of furan rings is 1. The van der Waals surface area contributed by atoms with Crippen LogP contribution in [0.2, 0.25) is 0 Å². The van der Waals surface area contributed by atoms with Crippen molar-refractivity contribution in [2.45, 2.75) is 25.8 Å². The zero-order valence-electron chi connectivity index (χ0n) is 17.3. The molecule has 1 atom stereocenters. The van der Waals surface area contributed by atoms with E-state index in [1.807, 2.05) is 43.3 Å². The first-order valence-electron chi connectivity index (χ1n) is 10.2. The first kappa shape index (κ1) is 20.9. The van der Waals surface area contributed by atoms with Gasteiger partial charge in [-0.1, -0.05) is 17.7 Å². The molecule has 0 radical (unpaired) electrons. The third kappa shape index (κ3) is 6.09. The maximum absolute atomic E-state index is 12.2. The molecule has 7 heteroatoms. The lowest BCUT2D eigenvalue weighted by Crippen LogP contribution is -2.44. The molecule has 2 heterocycles. The predicted molar refractivity (Wildman–Crippen MR) is 115 cm³/mol. The van der Waals surface area contributed by atoms with Crippen molar-refractivity contribution >= 4 is 11.9 Å². The van der Waals surface area contributed by atoms with Gasteiger partial charge in [0, 0.05) is 32.2 Å². The summed E-state index contributed by atoms with van der Waals surface area (Å²) in [6, 6.07) is 11.7. The van der Waals surface area contributed by atoms with E-state index in [1.54, 1.807) is 13.3 Å². The highest BCUT2D eigenvalue weighted by Crippen LogP contribution is 2.24. The Labute approximate surface area is 172 Å². The fourth-order valence-corrected chi connectivity index (χ4v) is 3.60. The van der Waals surface area contributed by atoms with Crippen molar-refractivity contribution in [1.29, 1.82) is 0 Å². The number of amides is 1. The second-order valence-electron chi connectivity index (χ2n) is 7.28. The first-order chi connectivity index (χ1) is 14.2. The summed E-state index contributed by atoms with van der Waals surface area (Å²) in [5.74, 6) is 1.62. The number of aliphatic imine (C=N–C) groups is 1. The van der Waals surface area contributed by atoms with Gasteiger partial charge < -0.3 is 20.4 Å². The molecule has 2 aromatic rings. The molecule has 3 rings (SSSR count). The van der Waals surface area contributed by atoms with Crippen molar-refractivity contribution in [1.82, 2.24) is 20.9 Å². The number of aryl methyl sites for hydroxylation is 1. The third-order valence-corrected chi connectivity index (χ3v) is 5.12. The van der Waals surface area contributed by atoms with Crippen LogP contribution in [-0.2, 0) is 0 Å². The predicted octanol–water partition coefficient (Wildman–Crippen LogP) is 2.32. The van der Waals surface area contributed by atoms with Gasteiger partial charge in [0.25, 0.3) is 5.91 Å². The fraction of sp³-hybridized carbons (Fsp3) is 0.455. The normalized spacial score (nSPS) is 15.9. The van der Waals surface area contributed by atoms with E-state index in [2.05, 4.69) is 25.8 Å². The van der Waals surface area contributed by atoms with E-state index in [0.717, 1.165) is 24.4 Å². The van der Waals surface area contributed by atoms with Crippen molar-refractivity contribution in [2.75, 3.05) is 39.8 Å². The second-order valence-corrected chi connectivity index (χ2v) is 7.28. The summed E-state index contributed by atoms with van der Waals surface area (Å²) in [6.07, 6.45) is 4.18. The zero-order valence-corrected chi connectivity index (χ0v) is 17.3. The van der Waals surface area contributed by atoms with Crippen LogP contribution >= 0.6 is 0 Å². The Bertz CT molecular complexity index is 797. The highest BCUT2D eigenvalue weighted by Gasteiger charge is 2.25. The SMILES string of the molecule is CN=C(NCCNC(=O)c1cccc(C)c1)NCC(c1ccco1)N1CCCC1. The average molecular weight is 398 g/mol. The molecule has 156 valence electrons. The van der Waals surface area contributed by atoms with Crippen molar-refractivity contribution in [3.8, 4) is 0 Å². The molecular formula is C22H31N5O2. The quantitative estimate of drug-likeness (QED) is 0.362. The lowest BCUT2D eigenvalue weighted by Gasteiger charge is -2.26. The van der Waals surface area contributed by atoms with Crippen LogP contribution in [-0.4, -0.2) is 56.5 Å². The molecule has 0 aliphatic carbocycles. The number of hydrogen-bond donors (Lipinski definition) is 3. The number of nitrogens with zero attached hydrogens (tertiary/aromatic N) is 2. The third-order valence-electron chi connectivity index (χ3n) is 5.12. The van der Waals surface area contributed by atoms with Crippen LogP contribution in [0.5, 0.6) is 0 Å². The lowest BCUT2D eigenvalue weighted by atomic mass is 10.1. The summed E-state index contributed by atoms with van der Waals surface area (Å²) in [7, 11) is 1.75. The summed E-state index contributed by atoms with van der Waals surface area (Å²) in [5, 5.41) is 9.57. The van der Waals surface area contributed by atoms with Crippen LogP contribution in [0.4, 0.5) is 0 Å². The Morgan fingerprint density at radius 2 is 1.93 bits per heavy atom. The monoisotopic (exact) mass is 397 g/mol. The molecule has 1 aliphatic heterocycles. The van der Waals surface area contributed by atoms with Crippen molar-refractivity contribution < 1.29 is 9.21 Å². The molecule has 1 amide bonds. The van der Waals surface area contributed by atoms with E-state index in [9.17, 15) is 4.79 Å². The van der Waals surface area contributed by atoms with Crippen molar-refractivity contribution in [3.05, 3.63) is 59.5 Å². The van der Waals surface area contributed by atoms with Crippen LogP contribution in [0.3, 0.4) is 0 Å². The van der Waals surface area contributed by atoms with E-state index in [4.69, 9.17) is 4.42 Å². The smallest absolute Gasteiger partial charge is 0.251 e. The van der Waals surface area contributed by atoms with E-state index in [-0.39, 0.29) is 11.9 Å². The molecule has 7 nitrogen and oxygen atoms in total. The maximum Gasteiger partial charge on any atom is 0.251 e.